The lowest BCUT2D eigenvalue weighted by atomic mass is 10.1. The molecular formula is C17H30O4. The third kappa shape index (κ3) is 13.4. The Bertz CT molecular complexity index is 323. The van der Waals surface area contributed by atoms with Crippen molar-refractivity contribution < 1.29 is 19.1 Å². The molecule has 0 amide bonds. The number of carbonyl (C=O) groups is 2. The summed E-state index contributed by atoms with van der Waals surface area (Å²) in [4.78, 5) is 23.0. The molecule has 4 heteroatoms. The Hall–Kier alpha value is -1.32. The van der Waals surface area contributed by atoms with Crippen molar-refractivity contribution in [3.05, 3.63) is 12.2 Å². The third-order valence-corrected chi connectivity index (χ3v) is 3.10. The minimum Gasteiger partial charge on any atom is -0.465 e. The van der Waals surface area contributed by atoms with Gasteiger partial charge in [-0.3, -0.25) is 9.59 Å². The second kappa shape index (κ2) is 12.4. The van der Waals surface area contributed by atoms with E-state index in [1.54, 1.807) is 0 Å². The molecule has 0 aromatic rings. The highest BCUT2D eigenvalue weighted by Crippen LogP contribution is 2.09. The topological polar surface area (TPSA) is 52.6 Å². The number of esters is 2. The monoisotopic (exact) mass is 298 g/mol. The van der Waals surface area contributed by atoms with Crippen LogP contribution in [0.3, 0.4) is 0 Å². The van der Waals surface area contributed by atoms with E-state index in [-0.39, 0.29) is 30.9 Å². The van der Waals surface area contributed by atoms with Gasteiger partial charge in [-0.25, -0.2) is 0 Å². The first kappa shape index (κ1) is 19.7. The molecule has 0 aromatic heterocycles. The van der Waals surface area contributed by atoms with Gasteiger partial charge in [-0.2, -0.15) is 0 Å². The van der Waals surface area contributed by atoms with Crippen LogP contribution in [0.25, 0.3) is 0 Å². The Morgan fingerprint density at radius 3 is 2.33 bits per heavy atom. The lowest BCUT2D eigenvalue weighted by Crippen LogP contribution is -2.15. The van der Waals surface area contributed by atoms with E-state index in [0.717, 1.165) is 31.3 Å². The number of carbonyl (C=O) groups excluding carboxylic acids is 2. The number of hydrogen-bond acceptors (Lipinski definition) is 4. The summed E-state index contributed by atoms with van der Waals surface area (Å²) in [5.41, 5.74) is 0.989. The lowest BCUT2D eigenvalue weighted by molar-refractivity contribution is -0.149. The maximum absolute atomic E-state index is 11.6. The maximum atomic E-state index is 11.6. The largest absolute Gasteiger partial charge is 0.465 e. The van der Waals surface area contributed by atoms with Crippen molar-refractivity contribution in [1.82, 2.24) is 0 Å². The normalized spacial score (nSPS) is 11.8. The minimum atomic E-state index is -0.264. The minimum absolute atomic E-state index is 0.0356. The summed E-state index contributed by atoms with van der Waals surface area (Å²) >= 11 is 0. The average Bonchev–Trinajstić information content (AvgIpc) is 2.38. The van der Waals surface area contributed by atoms with Crippen LogP contribution in [0.15, 0.2) is 12.2 Å². The van der Waals surface area contributed by atoms with Gasteiger partial charge in [0, 0.05) is 19.3 Å². The van der Waals surface area contributed by atoms with Crippen molar-refractivity contribution in [1.29, 1.82) is 0 Å². The Labute approximate surface area is 128 Å². The summed E-state index contributed by atoms with van der Waals surface area (Å²) in [6, 6.07) is 0. The molecule has 1 unspecified atom stereocenters. The zero-order valence-corrected chi connectivity index (χ0v) is 13.8. The predicted molar refractivity (Wildman–Crippen MR) is 83.9 cm³/mol. The summed E-state index contributed by atoms with van der Waals surface area (Å²) < 4.78 is 10.3. The molecule has 0 aromatic carbocycles. The third-order valence-electron chi connectivity index (χ3n) is 3.10. The van der Waals surface area contributed by atoms with Crippen molar-refractivity contribution in [3.63, 3.8) is 0 Å². The van der Waals surface area contributed by atoms with Crippen LogP contribution in [0.2, 0.25) is 0 Å². The molecule has 1 atom stereocenters. The molecule has 0 radical (unpaired) electrons. The molecule has 0 bridgehead atoms. The van der Waals surface area contributed by atoms with Gasteiger partial charge >= 0.3 is 11.9 Å². The van der Waals surface area contributed by atoms with Crippen LogP contribution < -0.4 is 0 Å². The van der Waals surface area contributed by atoms with Crippen LogP contribution in [0.4, 0.5) is 0 Å². The molecule has 0 aliphatic rings. The highest BCUT2D eigenvalue weighted by atomic mass is 16.5. The van der Waals surface area contributed by atoms with Crippen molar-refractivity contribution in [3.8, 4) is 0 Å². The van der Waals surface area contributed by atoms with Gasteiger partial charge < -0.3 is 9.47 Å². The van der Waals surface area contributed by atoms with Gasteiger partial charge in [0.1, 0.15) is 0 Å². The van der Waals surface area contributed by atoms with Gasteiger partial charge in [0.05, 0.1) is 12.7 Å². The predicted octanol–water partition coefficient (Wildman–Crippen LogP) is 4.18. The molecule has 0 saturated heterocycles. The number of rotatable bonds is 12. The molecule has 0 fully saturated rings. The second-order valence-corrected chi connectivity index (χ2v) is 5.58. The van der Waals surface area contributed by atoms with E-state index in [2.05, 4.69) is 13.5 Å². The van der Waals surface area contributed by atoms with E-state index in [0.29, 0.717) is 19.4 Å². The smallest absolute Gasteiger partial charge is 0.306 e. The van der Waals surface area contributed by atoms with Crippen LogP contribution in [0.1, 0.15) is 72.1 Å². The molecule has 0 heterocycles. The van der Waals surface area contributed by atoms with Crippen LogP contribution >= 0.6 is 0 Å². The van der Waals surface area contributed by atoms with Crippen molar-refractivity contribution in [2.24, 2.45) is 0 Å². The summed E-state index contributed by atoms with van der Waals surface area (Å²) in [6.07, 6.45) is 5.97. The fraction of sp³-hybridized carbons (Fsp3) is 0.765. The highest BCUT2D eigenvalue weighted by Gasteiger charge is 2.10. The molecule has 0 aliphatic heterocycles. The summed E-state index contributed by atoms with van der Waals surface area (Å²) in [5, 5.41) is 0. The Kier molecular flexibility index (Phi) is 11.6. The molecule has 0 spiro atoms. The van der Waals surface area contributed by atoms with E-state index in [4.69, 9.17) is 9.47 Å². The molecule has 4 nitrogen and oxygen atoms in total. The Balaban J connectivity index is 3.60. The highest BCUT2D eigenvalue weighted by molar-refractivity contribution is 5.72. The SMILES string of the molecule is C=C(C)CCOC(=O)CCCC(=O)OC(C)CCCCC. The van der Waals surface area contributed by atoms with E-state index >= 15 is 0 Å². The molecular weight excluding hydrogens is 268 g/mol. The average molecular weight is 298 g/mol. The van der Waals surface area contributed by atoms with Crippen LogP contribution in [0.5, 0.6) is 0 Å². The van der Waals surface area contributed by atoms with Crippen molar-refractivity contribution in [2.75, 3.05) is 6.61 Å². The van der Waals surface area contributed by atoms with Gasteiger partial charge in [-0.05, 0) is 33.1 Å². The quantitative estimate of drug-likeness (QED) is 0.308. The molecule has 0 N–H and O–H groups in total. The Morgan fingerprint density at radius 1 is 1.05 bits per heavy atom. The van der Waals surface area contributed by atoms with E-state index in [1.807, 2.05) is 13.8 Å². The van der Waals surface area contributed by atoms with E-state index in [1.165, 1.54) is 0 Å². The standard InChI is InChI=1S/C17H30O4/c1-5-6-7-9-15(4)21-17(19)11-8-10-16(18)20-13-12-14(2)3/h15H,2,5-13H2,1,3-4H3. The first-order valence-corrected chi connectivity index (χ1v) is 7.95. The van der Waals surface area contributed by atoms with Crippen LogP contribution in [-0.4, -0.2) is 24.6 Å². The summed E-state index contributed by atoms with van der Waals surface area (Å²) in [6.45, 7) is 10.1. The Morgan fingerprint density at radius 2 is 1.71 bits per heavy atom. The number of unbranched alkanes of at least 4 members (excludes halogenated alkanes) is 2. The van der Waals surface area contributed by atoms with Crippen molar-refractivity contribution in [2.45, 2.75) is 78.2 Å². The fourth-order valence-corrected chi connectivity index (χ4v) is 1.81. The lowest BCUT2D eigenvalue weighted by Gasteiger charge is -2.12. The summed E-state index contributed by atoms with van der Waals surface area (Å²) in [7, 11) is 0. The van der Waals surface area contributed by atoms with Gasteiger partial charge in [0.25, 0.3) is 0 Å². The first-order chi connectivity index (χ1) is 9.95. The number of ether oxygens (including phenoxy) is 2. The van der Waals surface area contributed by atoms with Crippen molar-refractivity contribution >= 4 is 11.9 Å². The first-order valence-electron chi connectivity index (χ1n) is 7.95. The number of hydrogen-bond donors (Lipinski definition) is 0. The van der Waals surface area contributed by atoms with Crippen LogP contribution in [0, 0.1) is 0 Å². The zero-order valence-electron chi connectivity index (χ0n) is 13.8. The molecule has 21 heavy (non-hydrogen) atoms. The zero-order chi connectivity index (χ0) is 16.1. The molecule has 0 aliphatic carbocycles. The fourth-order valence-electron chi connectivity index (χ4n) is 1.81. The van der Waals surface area contributed by atoms with Gasteiger partial charge in [-0.1, -0.05) is 25.3 Å². The second-order valence-electron chi connectivity index (χ2n) is 5.58. The molecule has 122 valence electrons. The molecule has 0 rings (SSSR count). The van der Waals surface area contributed by atoms with Crippen LogP contribution in [-0.2, 0) is 19.1 Å². The van der Waals surface area contributed by atoms with Gasteiger partial charge in [-0.15, -0.1) is 6.58 Å². The summed E-state index contributed by atoms with van der Waals surface area (Å²) in [5.74, 6) is -0.492. The molecule has 0 saturated carbocycles. The van der Waals surface area contributed by atoms with Gasteiger partial charge in [0.2, 0.25) is 0 Å². The van der Waals surface area contributed by atoms with E-state index < -0.39 is 0 Å². The van der Waals surface area contributed by atoms with E-state index in [9.17, 15) is 9.59 Å². The van der Waals surface area contributed by atoms with Gasteiger partial charge in [0.15, 0.2) is 0 Å². The maximum Gasteiger partial charge on any atom is 0.306 e.